The fourth-order valence-corrected chi connectivity index (χ4v) is 3.81. The van der Waals surface area contributed by atoms with Crippen molar-refractivity contribution in [1.29, 1.82) is 0 Å². The van der Waals surface area contributed by atoms with Gasteiger partial charge in [-0.1, -0.05) is 0 Å². The van der Waals surface area contributed by atoms with E-state index in [2.05, 4.69) is 41.4 Å². The minimum atomic E-state index is -0.166. The smallest absolute Gasteiger partial charge is 0.250 e. The molecule has 8 heteroatoms. The van der Waals surface area contributed by atoms with E-state index in [0.717, 1.165) is 46.4 Å². The van der Waals surface area contributed by atoms with E-state index in [-0.39, 0.29) is 12.5 Å². The number of fused-ring (bicyclic) bond motifs is 1. The molecular formula is C17H24BrN5O2. The summed E-state index contributed by atoms with van der Waals surface area (Å²) in [7, 11) is 2.00. The number of piperidine rings is 1. The molecule has 0 radical (unpaired) electrons. The van der Waals surface area contributed by atoms with Crippen LogP contribution in [0.25, 0.3) is 11.0 Å². The number of nitrogens with zero attached hydrogens (tertiary/aromatic N) is 2. The van der Waals surface area contributed by atoms with E-state index in [1.807, 2.05) is 20.2 Å². The molecule has 2 aromatic rings. The summed E-state index contributed by atoms with van der Waals surface area (Å²) in [5.74, 6) is -0.166. The minimum absolute atomic E-state index is 0.0471. The normalized spacial score (nSPS) is 17.9. The van der Waals surface area contributed by atoms with Crippen molar-refractivity contribution in [2.75, 3.05) is 43.6 Å². The first-order valence-corrected chi connectivity index (χ1v) is 9.38. The second kappa shape index (κ2) is 8.16. The van der Waals surface area contributed by atoms with Gasteiger partial charge in [0.1, 0.15) is 12.3 Å². The Morgan fingerprint density at radius 2 is 2.40 bits per heavy atom. The van der Waals surface area contributed by atoms with E-state index < -0.39 is 0 Å². The summed E-state index contributed by atoms with van der Waals surface area (Å²) in [6.45, 7) is 4.33. The first kappa shape index (κ1) is 18.2. The SMILES string of the molecule is CCOCC(=O)Nc1c[nH]c2ncc(Br)c(N3CCCC(NC)C3)c12. The lowest BCUT2D eigenvalue weighted by Crippen LogP contribution is -2.44. The lowest BCUT2D eigenvalue weighted by atomic mass is 10.0. The summed E-state index contributed by atoms with van der Waals surface area (Å²) in [6.07, 6.45) is 5.89. The fraction of sp³-hybridized carbons (Fsp3) is 0.529. The average molecular weight is 410 g/mol. The molecule has 1 saturated heterocycles. The first-order chi connectivity index (χ1) is 12.1. The molecule has 25 heavy (non-hydrogen) atoms. The summed E-state index contributed by atoms with van der Waals surface area (Å²) < 4.78 is 6.12. The van der Waals surface area contributed by atoms with Crippen molar-refractivity contribution < 1.29 is 9.53 Å². The number of carbonyl (C=O) groups is 1. The second-order valence-corrected chi connectivity index (χ2v) is 6.99. The number of likely N-dealkylation sites (N-methyl/N-ethyl adjacent to an activating group) is 1. The molecule has 136 valence electrons. The molecule has 3 heterocycles. The Labute approximate surface area is 155 Å². The molecule has 0 saturated carbocycles. The van der Waals surface area contributed by atoms with Gasteiger partial charge in [0.15, 0.2) is 0 Å². The molecule has 1 aliphatic heterocycles. The quantitative estimate of drug-likeness (QED) is 0.682. The van der Waals surface area contributed by atoms with Crippen LogP contribution in [0.4, 0.5) is 11.4 Å². The summed E-state index contributed by atoms with van der Waals surface area (Å²) >= 11 is 3.65. The number of aromatic amines is 1. The fourth-order valence-electron chi connectivity index (χ4n) is 3.26. The zero-order chi connectivity index (χ0) is 17.8. The molecular weight excluding hydrogens is 386 g/mol. The number of amides is 1. The van der Waals surface area contributed by atoms with Crippen molar-refractivity contribution in [1.82, 2.24) is 15.3 Å². The third kappa shape index (κ3) is 3.96. The molecule has 1 unspecified atom stereocenters. The van der Waals surface area contributed by atoms with E-state index in [1.165, 1.54) is 6.42 Å². The molecule has 3 N–H and O–H groups in total. The maximum atomic E-state index is 12.1. The minimum Gasteiger partial charge on any atom is -0.372 e. The first-order valence-electron chi connectivity index (χ1n) is 8.59. The van der Waals surface area contributed by atoms with Gasteiger partial charge in [-0.25, -0.2) is 4.98 Å². The molecule has 0 bridgehead atoms. The number of rotatable bonds is 6. The number of hydrogen-bond acceptors (Lipinski definition) is 5. The molecule has 3 rings (SSSR count). The van der Waals surface area contributed by atoms with Gasteiger partial charge in [0.2, 0.25) is 5.91 Å². The number of ether oxygens (including phenoxy) is 1. The van der Waals surface area contributed by atoms with Gasteiger partial charge in [-0.3, -0.25) is 4.79 Å². The largest absolute Gasteiger partial charge is 0.372 e. The third-order valence-electron chi connectivity index (χ3n) is 4.49. The average Bonchev–Trinajstić information content (AvgIpc) is 3.02. The van der Waals surface area contributed by atoms with Crippen molar-refractivity contribution in [2.24, 2.45) is 0 Å². The van der Waals surface area contributed by atoms with Crippen LogP contribution < -0.4 is 15.5 Å². The molecule has 0 aliphatic carbocycles. The maximum absolute atomic E-state index is 12.1. The number of aromatic nitrogens is 2. The van der Waals surface area contributed by atoms with Crippen molar-refractivity contribution in [3.05, 3.63) is 16.9 Å². The van der Waals surface area contributed by atoms with Crippen LogP contribution in [0.1, 0.15) is 19.8 Å². The molecule has 0 aromatic carbocycles. The van der Waals surface area contributed by atoms with Gasteiger partial charge in [0.05, 0.1) is 21.2 Å². The number of halogens is 1. The van der Waals surface area contributed by atoms with Crippen molar-refractivity contribution in [3.8, 4) is 0 Å². The van der Waals surface area contributed by atoms with Crippen LogP contribution >= 0.6 is 15.9 Å². The maximum Gasteiger partial charge on any atom is 0.250 e. The van der Waals surface area contributed by atoms with Crippen LogP contribution in [-0.2, 0) is 9.53 Å². The number of nitrogens with one attached hydrogen (secondary N) is 3. The number of carbonyl (C=O) groups excluding carboxylic acids is 1. The van der Waals surface area contributed by atoms with Crippen molar-refractivity contribution in [3.63, 3.8) is 0 Å². The van der Waals surface area contributed by atoms with Crippen LogP contribution in [0.3, 0.4) is 0 Å². The summed E-state index contributed by atoms with van der Waals surface area (Å²) in [5, 5.41) is 7.23. The summed E-state index contributed by atoms with van der Waals surface area (Å²) in [6, 6.07) is 0.457. The Kier molecular flexibility index (Phi) is 5.93. The Morgan fingerprint density at radius 3 is 3.16 bits per heavy atom. The van der Waals surface area contributed by atoms with Gasteiger partial charge in [-0.2, -0.15) is 0 Å². The molecule has 1 amide bonds. The second-order valence-electron chi connectivity index (χ2n) is 6.14. The molecule has 7 nitrogen and oxygen atoms in total. The lowest BCUT2D eigenvalue weighted by Gasteiger charge is -2.35. The van der Waals surface area contributed by atoms with Gasteiger partial charge in [0, 0.05) is 38.1 Å². The van der Waals surface area contributed by atoms with E-state index in [9.17, 15) is 4.79 Å². The Bertz CT molecular complexity index is 748. The number of anilines is 2. The van der Waals surface area contributed by atoms with E-state index in [1.54, 1.807) is 6.20 Å². The third-order valence-corrected chi connectivity index (χ3v) is 5.07. The molecule has 1 aliphatic rings. The Hall–Kier alpha value is -1.64. The van der Waals surface area contributed by atoms with Gasteiger partial charge in [-0.05, 0) is 42.7 Å². The van der Waals surface area contributed by atoms with E-state index in [0.29, 0.717) is 12.6 Å². The molecule has 1 fully saturated rings. The van der Waals surface area contributed by atoms with Crippen LogP contribution in [-0.4, -0.2) is 55.3 Å². The van der Waals surface area contributed by atoms with Crippen LogP contribution in [0.2, 0.25) is 0 Å². The van der Waals surface area contributed by atoms with Crippen molar-refractivity contribution >= 4 is 44.2 Å². The predicted octanol–water partition coefficient (Wildman–Crippen LogP) is 2.49. The standard InChI is InChI=1S/C17H24BrN5O2/c1-3-25-10-14(24)22-13-8-21-17-15(13)16(12(18)7-20-17)23-6-4-5-11(9-23)19-2/h7-8,11,19H,3-6,9-10H2,1-2H3,(H,20,21)(H,22,24). The highest BCUT2D eigenvalue weighted by atomic mass is 79.9. The lowest BCUT2D eigenvalue weighted by molar-refractivity contribution is -0.120. The monoisotopic (exact) mass is 409 g/mol. The summed E-state index contributed by atoms with van der Waals surface area (Å²) in [5.41, 5.74) is 2.56. The molecule has 1 atom stereocenters. The highest BCUT2D eigenvalue weighted by Gasteiger charge is 2.24. The zero-order valence-corrected chi connectivity index (χ0v) is 16.1. The Balaban J connectivity index is 1.95. The van der Waals surface area contributed by atoms with Gasteiger partial charge in [-0.15, -0.1) is 0 Å². The van der Waals surface area contributed by atoms with Gasteiger partial charge in [0.25, 0.3) is 0 Å². The van der Waals surface area contributed by atoms with E-state index >= 15 is 0 Å². The van der Waals surface area contributed by atoms with Crippen LogP contribution in [0.15, 0.2) is 16.9 Å². The molecule has 0 spiro atoms. The van der Waals surface area contributed by atoms with Crippen molar-refractivity contribution in [2.45, 2.75) is 25.8 Å². The topological polar surface area (TPSA) is 82.3 Å². The zero-order valence-electron chi connectivity index (χ0n) is 14.6. The van der Waals surface area contributed by atoms with Gasteiger partial charge >= 0.3 is 0 Å². The summed E-state index contributed by atoms with van der Waals surface area (Å²) in [4.78, 5) is 22.0. The number of H-pyrrole nitrogens is 1. The van der Waals surface area contributed by atoms with E-state index in [4.69, 9.17) is 4.74 Å². The highest BCUT2D eigenvalue weighted by molar-refractivity contribution is 9.10. The number of pyridine rings is 1. The van der Waals surface area contributed by atoms with Gasteiger partial charge < -0.3 is 25.3 Å². The number of hydrogen-bond donors (Lipinski definition) is 3. The molecule has 2 aromatic heterocycles. The Morgan fingerprint density at radius 1 is 1.56 bits per heavy atom. The predicted molar refractivity (Wildman–Crippen MR) is 103 cm³/mol. The highest BCUT2D eigenvalue weighted by Crippen LogP contribution is 2.38. The van der Waals surface area contributed by atoms with Crippen LogP contribution in [0.5, 0.6) is 0 Å². The van der Waals surface area contributed by atoms with Crippen LogP contribution in [0, 0.1) is 0 Å².